The first-order valence-electron chi connectivity index (χ1n) is 9.42. The number of sulfonamides is 1. The number of carbonyl (C=O) groups excluding carboxylic acids is 1. The first-order valence-corrected chi connectivity index (χ1v) is 11.7. The lowest BCUT2D eigenvalue weighted by molar-refractivity contribution is 0.0697. The van der Waals surface area contributed by atoms with E-state index in [-0.39, 0.29) is 5.91 Å². The highest BCUT2D eigenvalue weighted by molar-refractivity contribution is 7.89. The molecule has 7 heteroatoms. The van der Waals surface area contributed by atoms with Gasteiger partial charge in [-0.1, -0.05) is 17.7 Å². The van der Waals surface area contributed by atoms with Crippen molar-refractivity contribution in [1.29, 1.82) is 0 Å². The van der Waals surface area contributed by atoms with Crippen LogP contribution in [0, 0.1) is 6.92 Å². The molecular weight excluding hydrogens is 380 g/mol. The lowest BCUT2D eigenvalue weighted by Gasteiger charge is -2.34. The number of fused-ring (bicyclic) bond motifs is 1. The lowest BCUT2D eigenvalue weighted by Crippen LogP contribution is -2.50. The van der Waals surface area contributed by atoms with Crippen LogP contribution in [0.3, 0.4) is 0 Å². The minimum Gasteiger partial charge on any atom is -0.336 e. The second-order valence-electron chi connectivity index (χ2n) is 7.27. The molecule has 0 unspecified atom stereocenters. The van der Waals surface area contributed by atoms with Crippen LogP contribution in [-0.2, 0) is 22.9 Å². The number of benzene rings is 1. The van der Waals surface area contributed by atoms with Gasteiger partial charge in [0.25, 0.3) is 5.91 Å². The third-order valence-corrected chi connectivity index (χ3v) is 8.48. The number of thiophene rings is 1. The quantitative estimate of drug-likeness (QED) is 0.790. The summed E-state index contributed by atoms with van der Waals surface area (Å²) in [7, 11) is -3.50. The van der Waals surface area contributed by atoms with Crippen molar-refractivity contribution in [3.05, 3.63) is 51.2 Å². The van der Waals surface area contributed by atoms with E-state index in [9.17, 15) is 13.2 Å². The van der Waals surface area contributed by atoms with Gasteiger partial charge in [0.2, 0.25) is 10.0 Å². The van der Waals surface area contributed by atoms with Gasteiger partial charge in [-0.25, -0.2) is 8.42 Å². The van der Waals surface area contributed by atoms with E-state index in [0.717, 1.165) is 30.4 Å². The monoisotopic (exact) mass is 404 g/mol. The molecule has 2 aliphatic rings. The number of hydrogen-bond donors (Lipinski definition) is 0. The zero-order chi connectivity index (χ0) is 19.0. The topological polar surface area (TPSA) is 57.7 Å². The minimum absolute atomic E-state index is 0.0572. The van der Waals surface area contributed by atoms with E-state index in [1.165, 1.54) is 21.2 Å². The van der Waals surface area contributed by atoms with Gasteiger partial charge in [-0.2, -0.15) is 4.31 Å². The van der Waals surface area contributed by atoms with Gasteiger partial charge in [0.15, 0.2) is 0 Å². The van der Waals surface area contributed by atoms with E-state index in [4.69, 9.17) is 0 Å². The maximum atomic E-state index is 13.0. The van der Waals surface area contributed by atoms with Crippen LogP contribution in [0.5, 0.6) is 0 Å². The van der Waals surface area contributed by atoms with Gasteiger partial charge in [0.05, 0.1) is 10.5 Å². The summed E-state index contributed by atoms with van der Waals surface area (Å²) in [5, 5.41) is 1.99. The summed E-state index contributed by atoms with van der Waals surface area (Å²) in [6.45, 7) is 3.50. The molecule has 1 aliphatic carbocycles. The molecule has 0 N–H and O–H groups in total. The van der Waals surface area contributed by atoms with Crippen LogP contribution in [0.4, 0.5) is 0 Å². The Kier molecular flexibility index (Phi) is 5.09. The molecule has 0 radical (unpaired) electrons. The molecule has 0 atom stereocenters. The standard InChI is InChI=1S/C20H24N2O3S2/c1-15-6-8-16(9-7-15)27(24,25)22-12-10-21(11-13-22)20(23)18-14-26-19-5-3-2-4-17(18)19/h6-9,14H,2-5,10-13H2,1H3. The third kappa shape index (κ3) is 3.56. The summed E-state index contributed by atoms with van der Waals surface area (Å²) < 4.78 is 27.1. The highest BCUT2D eigenvalue weighted by atomic mass is 32.2. The molecule has 1 fully saturated rings. The number of nitrogens with zero attached hydrogens (tertiary/aromatic N) is 2. The van der Waals surface area contributed by atoms with E-state index >= 15 is 0 Å². The fourth-order valence-electron chi connectivity index (χ4n) is 3.83. The van der Waals surface area contributed by atoms with Crippen molar-refractivity contribution in [3.8, 4) is 0 Å². The van der Waals surface area contributed by atoms with Crippen molar-refractivity contribution in [2.24, 2.45) is 0 Å². The average molecular weight is 405 g/mol. The molecule has 1 aromatic heterocycles. The number of aryl methyl sites for hydroxylation is 2. The molecule has 0 spiro atoms. The van der Waals surface area contributed by atoms with Crippen molar-refractivity contribution in [2.75, 3.05) is 26.2 Å². The predicted octanol–water partition coefficient (Wildman–Crippen LogP) is 3.08. The molecule has 1 saturated heterocycles. The lowest BCUT2D eigenvalue weighted by atomic mass is 9.95. The van der Waals surface area contributed by atoms with Gasteiger partial charge in [-0.3, -0.25) is 4.79 Å². The first kappa shape index (κ1) is 18.7. The fourth-order valence-corrected chi connectivity index (χ4v) is 6.38. The van der Waals surface area contributed by atoms with Crippen LogP contribution in [0.25, 0.3) is 0 Å². The van der Waals surface area contributed by atoms with Crippen LogP contribution >= 0.6 is 11.3 Å². The average Bonchev–Trinajstić information content (AvgIpc) is 3.12. The minimum atomic E-state index is -3.50. The Labute approximate surface area is 164 Å². The van der Waals surface area contributed by atoms with Crippen molar-refractivity contribution in [2.45, 2.75) is 37.5 Å². The fraction of sp³-hybridized carbons (Fsp3) is 0.450. The molecule has 1 amide bonds. The van der Waals surface area contributed by atoms with Crippen molar-refractivity contribution in [3.63, 3.8) is 0 Å². The van der Waals surface area contributed by atoms with Gasteiger partial charge >= 0.3 is 0 Å². The molecule has 144 valence electrons. The number of rotatable bonds is 3. The number of hydrogen-bond acceptors (Lipinski definition) is 4. The maximum absolute atomic E-state index is 13.0. The van der Waals surface area contributed by atoms with Crippen LogP contribution in [0.15, 0.2) is 34.5 Å². The van der Waals surface area contributed by atoms with E-state index in [0.29, 0.717) is 31.1 Å². The van der Waals surface area contributed by atoms with E-state index < -0.39 is 10.0 Å². The Balaban J connectivity index is 1.45. The van der Waals surface area contributed by atoms with E-state index in [1.807, 2.05) is 24.4 Å². The molecule has 5 nitrogen and oxygen atoms in total. The van der Waals surface area contributed by atoms with Crippen molar-refractivity contribution < 1.29 is 13.2 Å². The Morgan fingerprint density at radius 2 is 1.67 bits per heavy atom. The van der Waals surface area contributed by atoms with Gasteiger partial charge in [-0.05, 0) is 50.3 Å². The molecule has 1 aromatic carbocycles. The largest absolute Gasteiger partial charge is 0.336 e. The summed E-state index contributed by atoms with van der Waals surface area (Å²) in [6, 6.07) is 6.93. The molecule has 27 heavy (non-hydrogen) atoms. The highest BCUT2D eigenvalue weighted by Gasteiger charge is 2.31. The first-order chi connectivity index (χ1) is 13.0. The molecule has 4 rings (SSSR count). The van der Waals surface area contributed by atoms with Crippen LogP contribution < -0.4 is 0 Å². The van der Waals surface area contributed by atoms with E-state index in [2.05, 4.69) is 0 Å². The van der Waals surface area contributed by atoms with E-state index in [1.54, 1.807) is 28.4 Å². The van der Waals surface area contributed by atoms with Crippen LogP contribution in [0.1, 0.15) is 39.2 Å². The van der Waals surface area contributed by atoms with Crippen molar-refractivity contribution in [1.82, 2.24) is 9.21 Å². The third-order valence-electron chi connectivity index (χ3n) is 5.48. The molecule has 0 bridgehead atoms. The number of amides is 1. The predicted molar refractivity (Wildman–Crippen MR) is 107 cm³/mol. The molecule has 2 aromatic rings. The Hall–Kier alpha value is -1.70. The zero-order valence-electron chi connectivity index (χ0n) is 15.5. The second kappa shape index (κ2) is 7.37. The summed E-state index contributed by atoms with van der Waals surface area (Å²) in [5.74, 6) is 0.0572. The Morgan fingerprint density at radius 1 is 1.00 bits per heavy atom. The summed E-state index contributed by atoms with van der Waals surface area (Å²) >= 11 is 1.69. The van der Waals surface area contributed by atoms with Crippen LogP contribution in [-0.4, -0.2) is 49.7 Å². The molecule has 2 heterocycles. The van der Waals surface area contributed by atoms with Crippen molar-refractivity contribution >= 4 is 27.3 Å². The summed E-state index contributed by atoms with van der Waals surface area (Å²) in [6.07, 6.45) is 4.42. The number of carbonyl (C=O) groups is 1. The Bertz CT molecular complexity index is 940. The zero-order valence-corrected chi connectivity index (χ0v) is 17.1. The van der Waals surface area contributed by atoms with Gasteiger partial charge in [-0.15, -0.1) is 11.3 Å². The molecule has 0 saturated carbocycles. The van der Waals surface area contributed by atoms with Gasteiger partial charge in [0, 0.05) is 36.4 Å². The van der Waals surface area contributed by atoms with Crippen LogP contribution in [0.2, 0.25) is 0 Å². The number of piperazine rings is 1. The molecule has 1 aliphatic heterocycles. The summed E-state index contributed by atoms with van der Waals surface area (Å²) in [4.78, 5) is 16.4. The highest BCUT2D eigenvalue weighted by Crippen LogP contribution is 2.31. The molecular formula is C20H24N2O3S2. The normalized spacial score (nSPS) is 18.3. The van der Waals surface area contributed by atoms with Gasteiger partial charge < -0.3 is 4.90 Å². The second-order valence-corrected chi connectivity index (χ2v) is 10.2. The smallest absolute Gasteiger partial charge is 0.255 e. The van der Waals surface area contributed by atoms with Gasteiger partial charge in [0.1, 0.15) is 0 Å². The SMILES string of the molecule is Cc1ccc(S(=O)(=O)N2CCN(C(=O)c3csc4c3CCCC4)CC2)cc1. The maximum Gasteiger partial charge on any atom is 0.255 e. The Morgan fingerprint density at radius 3 is 2.37 bits per heavy atom. The summed E-state index contributed by atoms with van der Waals surface area (Å²) in [5.41, 5.74) is 3.10.